The number of aromatic nitrogens is 1. The van der Waals surface area contributed by atoms with E-state index in [2.05, 4.69) is 80.9 Å². The fourth-order valence-corrected chi connectivity index (χ4v) is 3.42. The van der Waals surface area contributed by atoms with Gasteiger partial charge in [-0.15, -0.1) is 0 Å². The zero-order valence-electron chi connectivity index (χ0n) is 21.9. The Kier molecular flexibility index (Phi) is 11.8. The molecule has 0 aliphatic carbocycles. The first-order valence-electron chi connectivity index (χ1n) is 12.2. The first-order chi connectivity index (χ1) is 16.3. The SMILES string of the molecule is C=C(/N=C(\c1ccc(-c2cccc(C)c2)nc1C)N(C)CCOCC(C)C)NCCOCCC. The van der Waals surface area contributed by atoms with Crippen molar-refractivity contribution in [1.29, 1.82) is 0 Å². The van der Waals surface area contributed by atoms with Crippen molar-refractivity contribution in [2.75, 3.05) is 46.6 Å². The Labute approximate surface area is 206 Å². The summed E-state index contributed by atoms with van der Waals surface area (Å²) in [6.45, 7) is 18.8. The molecule has 6 heteroatoms. The third kappa shape index (κ3) is 9.27. The molecule has 0 radical (unpaired) electrons. The van der Waals surface area contributed by atoms with Crippen molar-refractivity contribution >= 4 is 5.84 Å². The van der Waals surface area contributed by atoms with Gasteiger partial charge in [-0.1, -0.05) is 51.1 Å². The number of nitrogens with zero attached hydrogens (tertiary/aromatic N) is 3. The molecule has 2 aromatic rings. The number of benzene rings is 1. The van der Waals surface area contributed by atoms with E-state index in [0.29, 0.717) is 31.5 Å². The van der Waals surface area contributed by atoms with Crippen LogP contribution >= 0.6 is 0 Å². The number of hydrogen-bond acceptors (Lipinski definition) is 5. The van der Waals surface area contributed by atoms with E-state index in [1.807, 2.05) is 14.0 Å². The van der Waals surface area contributed by atoms with Gasteiger partial charge in [-0.25, -0.2) is 4.99 Å². The Morgan fingerprint density at radius 1 is 1.12 bits per heavy atom. The molecule has 1 aromatic carbocycles. The van der Waals surface area contributed by atoms with E-state index in [1.165, 1.54) is 5.56 Å². The van der Waals surface area contributed by atoms with Gasteiger partial charge < -0.3 is 19.7 Å². The maximum absolute atomic E-state index is 5.81. The number of nitrogens with one attached hydrogen (secondary N) is 1. The molecule has 0 amide bonds. The van der Waals surface area contributed by atoms with Crippen LogP contribution in [0.15, 0.2) is 53.8 Å². The van der Waals surface area contributed by atoms with Gasteiger partial charge in [0.1, 0.15) is 11.7 Å². The Balaban J connectivity index is 2.22. The second-order valence-electron chi connectivity index (χ2n) is 9.01. The molecule has 0 spiro atoms. The molecule has 186 valence electrons. The summed E-state index contributed by atoms with van der Waals surface area (Å²) in [6.07, 6.45) is 1.01. The van der Waals surface area contributed by atoms with Crippen LogP contribution < -0.4 is 5.32 Å². The topological polar surface area (TPSA) is 59.0 Å². The molecule has 1 N–H and O–H groups in total. The monoisotopic (exact) mass is 466 g/mol. The summed E-state index contributed by atoms with van der Waals surface area (Å²) in [6, 6.07) is 12.6. The Bertz CT molecular complexity index is 940. The van der Waals surface area contributed by atoms with Gasteiger partial charge in [0.15, 0.2) is 0 Å². The van der Waals surface area contributed by atoms with Crippen molar-refractivity contribution in [1.82, 2.24) is 15.2 Å². The van der Waals surface area contributed by atoms with Gasteiger partial charge in [0.25, 0.3) is 0 Å². The Morgan fingerprint density at radius 2 is 1.91 bits per heavy atom. The summed E-state index contributed by atoms with van der Waals surface area (Å²) >= 11 is 0. The average molecular weight is 467 g/mol. The second-order valence-corrected chi connectivity index (χ2v) is 9.01. The highest BCUT2D eigenvalue weighted by molar-refractivity contribution is 6.00. The fraction of sp³-hybridized carbons (Fsp3) is 0.500. The van der Waals surface area contributed by atoms with E-state index in [9.17, 15) is 0 Å². The van der Waals surface area contributed by atoms with Crippen LogP contribution in [0, 0.1) is 19.8 Å². The molecule has 0 aliphatic heterocycles. The van der Waals surface area contributed by atoms with Crippen LogP contribution in [0.3, 0.4) is 0 Å². The van der Waals surface area contributed by atoms with Crippen molar-refractivity contribution < 1.29 is 9.47 Å². The van der Waals surface area contributed by atoms with Crippen LogP contribution in [-0.2, 0) is 9.47 Å². The summed E-state index contributed by atoms with van der Waals surface area (Å²) < 4.78 is 11.4. The molecule has 0 saturated heterocycles. The minimum atomic E-state index is 0.512. The third-order valence-corrected chi connectivity index (χ3v) is 5.19. The van der Waals surface area contributed by atoms with Crippen molar-refractivity contribution in [3.8, 4) is 11.3 Å². The quantitative estimate of drug-likeness (QED) is 0.235. The highest BCUT2D eigenvalue weighted by Gasteiger charge is 2.15. The van der Waals surface area contributed by atoms with E-state index in [0.717, 1.165) is 54.5 Å². The summed E-state index contributed by atoms with van der Waals surface area (Å²) in [5.74, 6) is 1.94. The number of amidine groups is 1. The van der Waals surface area contributed by atoms with Gasteiger partial charge in [-0.3, -0.25) is 4.98 Å². The lowest BCUT2D eigenvalue weighted by molar-refractivity contribution is 0.102. The average Bonchev–Trinajstić information content (AvgIpc) is 2.80. The number of aryl methyl sites for hydroxylation is 2. The summed E-state index contributed by atoms with van der Waals surface area (Å²) in [5, 5.41) is 3.26. The van der Waals surface area contributed by atoms with Gasteiger partial charge in [-0.05, 0) is 44.4 Å². The number of pyridine rings is 1. The molecule has 2 rings (SSSR count). The Hall–Kier alpha value is -2.70. The molecule has 6 nitrogen and oxygen atoms in total. The number of rotatable bonds is 14. The molecule has 0 bridgehead atoms. The van der Waals surface area contributed by atoms with Gasteiger partial charge in [0.05, 0.1) is 18.9 Å². The van der Waals surface area contributed by atoms with Crippen molar-refractivity contribution in [3.63, 3.8) is 0 Å². The highest BCUT2D eigenvalue weighted by Crippen LogP contribution is 2.21. The Morgan fingerprint density at radius 3 is 2.59 bits per heavy atom. The summed E-state index contributed by atoms with van der Waals surface area (Å²) in [4.78, 5) is 11.9. The molecular formula is C28H42N4O2. The predicted octanol–water partition coefficient (Wildman–Crippen LogP) is 5.20. The first-order valence-corrected chi connectivity index (χ1v) is 12.2. The maximum Gasteiger partial charge on any atom is 0.139 e. The zero-order valence-corrected chi connectivity index (χ0v) is 21.9. The highest BCUT2D eigenvalue weighted by atomic mass is 16.5. The largest absolute Gasteiger partial charge is 0.380 e. The van der Waals surface area contributed by atoms with Gasteiger partial charge >= 0.3 is 0 Å². The number of aliphatic imine (C=N–C) groups is 1. The summed E-state index contributed by atoms with van der Waals surface area (Å²) in [7, 11) is 2.03. The fourth-order valence-electron chi connectivity index (χ4n) is 3.42. The smallest absolute Gasteiger partial charge is 0.139 e. The van der Waals surface area contributed by atoms with E-state index >= 15 is 0 Å². The van der Waals surface area contributed by atoms with Crippen molar-refractivity contribution in [2.24, 2.45) is 10.9 Å². The molecular weight excluding hydrogens is 424 g/mol. The number of hydrogen-bond donors (Lipinski definition) is 1. The lowest BCUT2D eigenvalue weighted by Crippen LogP contribution is -2.33. The van der Waals surface area contributed by atoms with E-state index in [4.69, 9.17) is 19.5 Å². The zero-order chi connectivity index (χ0) is 24.9. The first kappa shape index (κ1) is 27.5. The molecule has 0 atom stereocenters. The molecule has 1 heterocycles. The van der Waals surface area contributed by atoms with Gasteiger partial charge in [-0.2, -0.15) is 0 Å². The minimum absolute atomic E-state index is 0.512. The van der Waals surface area contributed by atoms with Crippen molar-refractivity contribution in [2.45, 2.75) is 41.0 Å². The van der Waals surface area contributed by atoms with Crippen LogP contribution in [0.1, 0.15) is 44.0 Å². The van der Waals surface area contributed by atoms with Gasteiger partial charge in [0.2, 0.25) is 0 Å². The van der Waals surface area contributed by atoms with Crippen molar-refractivity contribution in [3.05, 3.63) is 65.6 Å². The molecule has 34 heavy (non-hydrogen) atoms. The second kappa shape index (κ2) is 14.5. The van der Waals surface area contributed by atoms with Crippen LogP contribution in [0.4, 0.5) is 0 Å². The molecule has 0 fully saturated rings. The van der Waals surface area contributed by atoms with Crippen LogP contribution in [0.25, 0.3) is 11.3 Å². The van der Waals surface area contributed by atoms with Crippen LogP contribution in [-0.4, -0.2) is 62.3 Å². The molecule has 0 aliphatic rings. The molecule has 0 unspecified atom stereocenters. The summed E-state index contributed by atoms with van der Waals surface area (Å²) in [5.41, 5.74) is 5.19. The van der Waals surface area contributed by atoms with Crippen LogP contribution in [0.5, 0.6) is 0 Å². The van der Waals surface area contributed by atoms with E-state index in [-0.39, 0.29) is 0 Å². The third-order valence-electron chi connectivity index (χ3n) is 5.19. The molecule has 0 saturated carbocycles. The minimum Gasteiger partial charge on any atom is -0.380 e. The normalized spacial score (nSPS) is 11.7. The van der Waals surface area contributed by atoms with Gasteiger partial charge in [0, 0.05) is 50.2 Å². The maximum atomic E-state index is 5.81. The van der Waals surface area contributed by atoms with E-state index < -0.39 is 0 Å². The van der Waals surface area contributed by atoms with E-state index in [1.54, 1.807) is 0 Å². The lowest BCUT2D eigenvalue weighted by atomic mass is 10.1. The molecule has 1 aromatic heterocycles. The predicted molar refractivity (Wildman–Crippen MR) is 142 cm³/mol. The number of likely N-dealkylation sites (N-methyl/N-ethyl adjacent to an activating group) is 1. The standard InChI is InChI=1S/C28H42N4O2/c1-8-16-33-17-14-29-24(6)31-28(32(7)15-18-34-20-21(2)3)26-12-13-27(30-23(26)5)25-11-9-10-22(4)19-25/h9-13,19,21,29H,6,8,14-18,20H2,1-5,7H3/b31-28+. The number of ether oxygens (including phenoxy) is 2. The van der Waals surface area contributed by atoms with Crippen LogP contribution in [0.2, 0.25) is 0 Å². The lowest BCUT2D eigenvalue weighted by Gasteiger charge is -2.23.